The Morgan fingerprint density at radius 1 is 0.636 bits per heavy atom. The molecule has 3 fully saturated rings. The average molecular weight is 307 g/mol. The van der Waals surface area contributed by atoms with E-state index in [1.165, 1.54) is 57.8 Å². The SMILES string of the molecule is CCCC1CCC(C2CCC3CC(CCO)CCC3C2)CC1. The van der Waals surface area contributed by atoms with Crippen LogP contribution in [0, 0.1) is 35.5 Å². The number of aliphatic hydroxyl groups excluding tert-OH is 1. The normalized spacial score (nSPS) is 42.8. The molecule has 1 N–H and O–H groups in total. The minimum absolute atomic E-state index is 0.408. The first-order valence-electron chi connectivity index (χ1n) is 10.4. The van der Waals surface area contributed by atoms with Crippen LogP contribution in [0.15, 0.2) is 0 Å². The third kappa shape index (κ3) is 4.08. The van der Waals surface area contributed by atoms with Gasteiger partial charge in [-0.1, -0.05) is 39.0 Å². The Kier molecular flexibility index (Phi) is 6.24. The summed E-state index contributed by atoms with van der Waals surface area (Å²) in [6, 6.07) is 0. The molecule has 4 atom stereocenters. The van der Waals surface area contributed by atoms with Gasteiger partial charge in [-0.05, 0) is 86.9 Å². The predicted molar refractivity (Wildman–Crippen MR) is 93.7 cm³/mol. The van der Waals surface area contributed by atoms with Gasteiger partial charge in [0, 0.05) is 6.61 Å². The van der Waals surface area contributed by atoms with Gasteiger partial charge in [0.25, 0.3) is 0 Å². The summed E-state index contributed by atoms with van der Waals surface area (Å²) < 4.78 is 0. The van der Waals surface area contributed by atoms with Crippen LogP contribution in [0.4, 0.5) is 0 Å². The van der Waals surface area contributed by atoms with Crippen LogP contribution < -0.4 is 0 Å². The lowest BCUT2D eigenvalue weighted by Crippen LogP contribution is -2.34. The number of aliphatic hydroxyl groups is 1. The molecule has 3 rings (SSSR count). The molecule has 3 aliphatic rings. The van der Waals surface area contributed by atoms with E-state index in [-0.39, 0.29) is 0 Å². The number of fused-ring (bicyclic) bond motifs is 1. The topological polar surface area (TPSA) is 20.2 Å². The van der Waals surface area contributed by atoms with Gasteiger partial charge in [-0.15, -0.1) is 0 Å². The zero-order chi connectivity index (χ0) is 15.4. The van der Waals surface area contributed by atoms with Crippen LogP contribution >= 0.6 is 0 Å². The molecule has 0 radical (unpaired) electrons. The summed E-state index contributed by atoms with van der Waals surface area (Å²) >= 11 is 0. The van der Waals surface area contributed by atoms with E-state index in [0.717, 1.165) is 41.9 Å². The molecule has 3 saturated carbocycles. The van der Waals surface area contributed by atoms with E-state index in [1.807, 2.05) is 0 Å². The molecule has 0 spiro atoms. The van der Waals surface area contributed by atoms with Gasteiger partial charge >= 0.3 is 0 Å². The van der Waals surface area contributed by atoms with Crippen LogP contribution in [0.5, 0.6) is 0 Å². The maximum atomic E-state index is 9.19. The van der Waals surface area contributed by atoms with Crippen molar-refractivity contribution >= 4 is 0 Å². The fourth-order valence-electron chi connectivity index (χ4n) is 6.25. The third-order valence-electron chi connectivity index (χ3n) is 7.55. The Labute approximate surface area is 138 Å². The molecule has 3 aliphatic carbocycles. The molecule has 0 amide bonds. The Hall–Kier alpha value is -0.0400. The molecule has 0 aliphatic heterocycles. The molecule has 0 aromatic rings. The molecule has 0 aromatic heterocycles. The molecule has 4 unspecified atom stereocenters. The Morgan fingerprint density at radius 3 is 1.86 bits per heavy atom. The smallest absolute Gasteiger partial charge is 0.0433 e. The third-order valence-corrected chi connectivity index (χ3v) is 7.55. The monoisotopic (exact) mass is 306 g/mol. The van der Waals surface area contributed by atoms with Crippen molar-refractivity contribution in [2.24, 2.45) is 35.5 Å². The lowest BCUT2D eigenvalue weighted by Gasteiger charge is -2.45. The number of hydrogen-bond donors (Lipinski definition) is 1. The molecule has 0 bridgehead atoms. The van der Waals surface area contributed by atoms with E-state index in [9.17, 15) is 5.11 Å². The van der Waals surface area contributed by atoms with Crippen molar-refractivity contribution in [3.63, 3.8) is 0 Å². The highest BCUT2D eigenvalue weighted by Gasteiger charge is 2.38. The quantitative estimate of drug-likeness (QED) is 0.679. The van der Waals surface area contributed by atoms with Crippen molar-refractivity contribution in [3.8, 4) is 0 Å². The van der Waals surface area contributed by atoms with E-state index in [4.69, 9.17) is 0 Å². The largest absolute Gasteiger partial charge is 0.396 e. The first-order valence-corrected chi connectivity index (χ1v) is 10.4. The van der Waals surface area contributed by atoms with Gasteiger partial charge in [0.1, 0.15) is 0 Å². The van der Waals surface area contributed by atoms with Crippen molar-refractivity contribution in [1.82, 2.24) is 0 Å². The van der Waals surface area contributed by atoms with Gasteiger partial charge in [-0.3, -0.25) is 0 Å². The van der Waals surface area contributed by atoms with Crippen LogP contribution in [0.1, 0.15) is 90.4 Å². The first-order chi connectivity index (χ1) is 10.8. The van der Waals surface area contributed by atoms with Crippen LogP contribution in [-0.4, -0.2) is 11.7 Å². The second-order valence-electron chi connectivity index (χ2n) is 8.85. The van der Waals surface area contributed by atoms with Crippen molar-refractivity contribution in [1.29, 1.82) is 0 Å². The van der Waals surface area contributed by atoms with E-state index < -0.39 is 0 Å². The molecule has 0 heterocycles. The molecular weight excluding hydrogens is 268 g/mol. The Bertz CT molecular complexity index is 315. The van der Waals surface area contributed by atoms with Crippen LogP contribution in [0.25, 0.3) is 0 Å². The second-order valence-corrected chi connectivity index (χ2v) is 8.85. The van der Waals surface area contributed by atoms with E-state index in [1.54, 1.807) is 19.3 Å². The summed E-state index contributed by atoms with van der Waals surface area (Å²) in [4.78, 5) is 0. The van der Waals surface area contributed by atoms with Gasteiger partial charge in [0.2, 0.25) is 0 Å². The summed E-state index contributed by atoms with van der Waals surface area (Å²) in [5.74, 6) is 6.10. The highest BCUT2D eigenvalue weighted by atomic mass is 16.3. The minimum Gasteiger partial charge on any atom is -0.396 e. The van der Waals surface area contributed by atoms with Gasteiger partial charge in [0.15, 0.2) is 0 Å². The molecule has 1 heteroatoms. The van der Waals surface area contributed by atoms with Gasteiger partial charge < -0.3 is 5.11 Å². The maximum absolute atomic E-state index is 9.19. The van der Waals surface area contributed by atoms with Gasteiger partial charge in [-0.2, -0.15) is 0 Å². The highest BCUT2D eigenvalue weighted by molar-refractivity contribution is 4.89. The summed E-state index contributed by atoms with van der Waals surface area (Å²) in [7, 11) is 0. The molecule has 0 aromatic carbocycles. The fraction of sp³-hybridized carbons (Fsp3) is 1.00. The lowest BCUT2D eigenvalue weighted by molar-refractivity contribution is 0.0541. The van der Waals surface area contributed by atoms with Crippen molar-refractivity contribution in [2.45, 2.75) is 90.4 Å². The van der Waals surface area contributed by atoms with E-state index >= 15 is 0 Å². The Balaban J connectivity index is 1.45. The zero-order valence-electron chi connectivity index (χ0n) is 14.8. The first kappa shape index (κ1) is 16.8. The summed E-state index contributed by atoms with van der Waals surface area (Å²) in [5, 5.41) is 9.19. The lowest BCUT2D eigenvalue weighted by atomic mass is 9.60. The van der Waals surface area contributed by atoms with Gasteiger partial charge in [-0.25, -0.2) is 0 Å². The average Bonchev–Trinajstić information content (AvgIpc) is 2.56. The molecule has 1 nitrogen and oxygen atoms in total. The Morgan fingerprint density at radius 2 is 1.18 bits per heavy atom. The minimum atomic E-state index is 0.408. The molecular formula is C21H38O. The van der Waals surface area contributed by atoms with Crippen LogP contribution in [-0.2, 0) is 0 Å². The highest BCUT2D eigenvalue weighted by Crippen LogP contribution is 2.49. The zero-order valence-corrected chi connectivity index (χ0v) is 14.8. The van der Waals surface area contributed by atoms with E-state index in [2.05, 4.69) is 6.92 Å². The van der Waals surface area contributed by atoms with E-state index in [0.29, 0.717) is 6.61 Å². The van der Waals surface area contributed by atoms with Crippen molar-refractivity contribution < 1.29 is 5.11 Å². The molecule has 128 valence electrons. The van der Waals surface area contributed by atoms with Gasteiger partial charge in [0.05, 0.1) is 0 Å². The number of rotatable bonds is 5. The summed E-state index contributed by atoms with van der Waals surface area (Å²) in [6.45, 7) is 2.76. The second kappa shape index (κ2) is 8.18. The van der Waals surface area contributed by atoms with Crippen LogP contribution in [0.2, 0.25) is 0 Å². The molecule has 22 heavy (non-hydrogen) atoms. The summed E-state index contributed by atoms with van der Waals surface area (Å²) in [6.07, 6.45) is 19.0. The predicted octanol–water partition coefficient (Wildman–Crippen LogP) is 5.81. The summed E-state index contributed by atoms with van der Waals surface area (Å²) in [5.41, 5.74) is 0. The van der Waals surface area contributed by atoms with Crippen molar-refractivity contribution in [3.05, 3.63) is 0 Å². The van der Waals surface area contributed by atoms with Crippen molar-refractivity contribution in [2.75, 3.05) is 6.61 Å². The van der Waals surface area contributed by atoms with Crippen LogP contribution in [0.3, 0.4) is 0 Å². The fourth-order valence-corrected chi connectivity index (χ4v) is 6.25. The maximum Gasteiger partial charge on any atom is 0.0433 e. The standard InChI is InChI=1S/C21H38O/c1-2-3-16-4-7-18(8-5-16)20-11-10-19-14-17(12-13-22)6-9-21(19)15-20/h16-22H,2-15H2,1H3. The number of hydrogen-bond acceptors (Lipinski definition) is 1. The molecule has 0 saturated heterocycles.